The molecule has 1 unspecified atom stereocenters. The van der Waals surface area contributed by atoms with E-state index in [2.05, 4.69) is 4.99 Å². The predicted octanol–water partition coefficient (Wildman–Crippen LogP) is 1.70. The van der Waals surface area contributed by atoms with Gasteiger partial charge in [0, 0.05) is 32.6 Å². The number of hydrogen-bond donors (Lipinski definition) is 1. The maximum absolute atomic E-state index is 12.6. The summed E-state index contributed by atoms with van der Waals surface area (Å²) in [6, 6.07) is 7.99. The molecule has 0 fully saturated rings. The first-order valence-electron chi connectivity index (χ1n) is 10.4. The average Bonchev–Trinajstić information content (AvgIpc) is 2.90. The molecular formula is C22H26N4O7. The second kappa shape index (κ2) is 10.6. The molecule has 11 nitrogen and oxygen atoms in total. The first-order valence-corrected chi connectivity index (χ1v) is 10.4. The first kappa shape index (κ1) is 23.8. The number of carbonyl (C=O) groups excluding carboxylic acids is 2. The Morgan fingerprint density at radius 1 is 1.30 bits per heavy atom. The number of amides is 1. The Balaban J connectivity index is 1.60. The number of benzene rings is 1. The van der Waals surface area contributed by atoms with Gasteiger partial charge < -0.3 is 19.6 Å². The molecule has 0 saturated carbocycles. The molecule has 0 bridgehead atoms. The lowest BCUT2D eigenvalue weighted by molar-refractivity contribution is -0.385. The lowest BCUT2D eigenvalue weighted by Crippen LogP contribution is -2.32. The van der Waals surface area contributed by atoms with Crippen molar-refractivity contribution in [2.75, 3.05) is 27.3 Å². The molecule has 3 rings (SSSR count). The fraction of sp³-hybridized carbons (Fsp3) is 0.409. The summed E-state index contributed by atoms with van der Waals surface area (Å²) in [5.41, 5.74) is 1.88. The van der Waals surface area contributed by atoms with Gasteiger partial charge in [-0.3, -0.25) is 24.7 Å². The third-order valence-corrected chi connectivity index (χ3v) is 5.37. The highest BCUT2D eigenvalue weighted by atomic mass is 16.6. The van der Waals surface area contributed by atoms with Crippen molar-refractivity contribution in [2.24, 2.45) is 10.9 Å². The zero-order valence-corrected chi connectivity index (χ0v) is 18.5. The minimum atomic E-state index is -0.552. The molecule has 0 radical (unpaired) electrons. The second-order valence-electron chi connectivity index (χ2n) is 7.73. The first-order chi connectivity index (χ1) is 15.8. The molecule has 0 saturated heterocycles. The number of nitro groups is 1. The Bertz CT molecular complexity index is 1110. The molecule has 1 atom stereocenters. The number of fused-ring (bicyclic) bond motifs is 1. The van der Waals surface area contributed by atoms with Crippen LogP contribution in [0.15, 0.2) is 41.5 Å². The van der Waals surface area contributed by atoms with Gasteiger partial charge in [0.1, 0.15) is 5.75 Å². The molecule has 176 valence electrons. The summed E-state index contributed by atoms with van der Waals surface area (Å²) in [5.74, 6) is -0.316. The largest absolute Gasteiger partial charge is 0.494 e. The standard InChI is InChI=1S/C22H26N4O7/c1-24-14-17-11-19(5-4-15(17)10-16(22(24)28)12-21(27)32-2)33-9-3-7-23-20-13-18(26(30)31)6-8-25(20)29/h4-6,8,11,13,16,29H,3,7,9-10,12,14H2,1-2H3. The molecule has 0 aliphatic carbocycles. The summed E-state index contributed by atoms with van der Waals surface area (Å²) in [6.45, 7) is 1.07. The van der Waals surface area contributed by atoms with E-state index in [0.717, 1.165) is 15.9 Å². The Hall–Kier alpha value is -3.89. The second-order valence-corrected chi connectivity index (χ2v) is 7.73. The molecule has 1 aromatic carbocycles. The zero-order valence-electron chi connectivity index (χ0n) is 18.5. The van der Waals surface area contributed by atoms with Gasteiger partial charge in [0.2, 0.25) is 5.91 Å². The molecule has 11 heteroatoms. The number of carbonyl (C=O) groups is 2. The number of aromatic nitrogens is 1. The topological polar surface area (TPSA) is 136 Å². The lowest BCUT2D eigenvalue weighted by Gasteiger charge is -2.19. The number of rotatable bonds is 8. The van der Waals surface area contributed by atoms with Gasteiger partial charge in [-0.25, -0.2) is 0 Å². The van der Waals surface area contributed by atoms with Gasteiger partial charge in [-0.15, -0.1) is 0 Å². The van der Waals surface area contributed by atoms with E-state index in [1.165, 1.54) is 25.4 Å². The number of pyridine rings is 1. The van der Waals surface area contributed by atoms with E-state index in [-0.39, 0.29) is 23.5 Å². The fourth-order valence-electron chi connectivity index (χ4n) is 3.63. The van der Waals surface area contributed by atoms with Crippen molar-refractivity contribution >= 4 is 17.6 Å². The normalized spacial score (nSPS) is 16.2. The van der Waals surface area contributed by atoms with E-state index in [9.17, 15) is 24.9 Å². The zero-order chi connectivity index (χ0) is 24.0. The quantitative estimate of drug-likeness (QED) is 0.209. The van der Waals surface area contributed by atoms with Gasteiger partial charge in [0.15, 0.2) is 5.49 Å². The third-order valence-electron chi connectivity index (χ3n) is 5.37. The maximum Gasteiger partial charge on any atom is 0.306 e. The monoisotopic (exact) mass is 458 g/mol. The van der Waals surface area contributed by atoms with Gasteiger partial charge in [-0.2, -0.15) is 4.73 Å². The van der Waals surface area contributed by atoms with E-state index < -0.39 is 16.8 Å². The van der Waals surface area contributed by atoms with E-state index in [1.807, 2.05) is 18.2 Å². The minimum Gasteiger partial charge on any atom is -0.494 e. The molecule has 2 heterocycles. The Morgan fingerprint density at radius 3 is 2.82 bits per heavy atom. The van der Waals surface area contributed by atoms with Crippen LogP contribution in [0.5, 0.6) is 5.75 Å². The molecule has 2 aromatic rings. The molecule has 1 aliphatic heterocycles. The highest BCUT2D eigenvalue weighted by molar-refractivity contribution is 5.84. The van der Waals surface area contributed by atoms with Crippen LogP contribution in [0, 0.1) is 16.0 Å². The number of esters is 1. The van der Waals surface area contributed by atoms with Crippen molar-refractivity contribution in [3.8, 4) is 5.75 Å². The van der Waals surface area contributed by atoms with Gasteiger partial charge in [-0.05, 0) is 29.7 Å². The number of nitrogens with zero attached hydrogens (tertiary/aromatic N) is 4. The van der Waals surface area contributed by atoms with Crippen molar-refractivity contribution in [3.05, 3.63) is 63.3 Å². The van der Waals surface area contributed by atoms with Gasteiger partial charge in [0.25, 0.3) is 5.69 Å². The van der Waals surface area contributed by atoms with E-state index >= 15 is 0 Å². The molecule has 1 aromatic heterocycles. The SMILES string of the molecule is COC(=O)CC1Cc2ccc(OCCCN=c3cc([N+](=O)[O-])ccn3O)cc2CN(C)C1=O. The van der Waals surface area contributed by atoms with Crippen LogP contribution < -0.4 is 10.2 Å². The van der Waals surface area contributed by atoms with Gasteiger partial charge in [0.05, 0.1) is 43.2 Å². The Labute approximate surface area is 190 Å². The minimum absolute atomic E-state index is 0.0409. The summed E-state index contributed by atoms with van der Waals surface area (Å²) in [5, 5.41) is 20.6. The van der Waals surface area contributed by atoms with Crippen LogP contribution in [-0.4, -0.2) is 58.9 Å². The lowest BCUT2D eigenvalue weighted by atomic mass is 9.94. The summed E-state index contributed by atoms with van der Waals surface area (Å²) < 4.78 is 11.2. The Kier molecular flexibility index (Phi) is 7.65. The van der Waals surface area contributed by atoms with Crippen LogP contribution in [0.1, 0.15) is 24.0 Å². The smallest absolute Gasteiger partial charge is 0.306 e. The maximum atomic E-state index is 12.6. The van der Waals surface area contributed by atoms with Crippen LogP contribution >= 0.6 is 0 Å². The van der Waals surface area contributed by atoms with Crippen LogP contribution in [0.3, 0.4) is 0 Å². The molecule has 33 heavy (non-hydrogen) atoms. The Morgan fingerprint density at radius 2 is 2.09 bits per heavy atom. The number of methoxy groups -OCH3 is 1. The number of ether oxygens (including phenoxy) is 2. The highest BCUT2D eigenvalue weighted by Gasteiger charge is 2.29. The van der Waals surface area contributed by atoms with Crippen molar-refractivity contribution in [3.63, 3.8) is 0 Å². The summed E-state index contributed by atoms with van der Waals surface area (Å²) >= 11 is 0. The highest BCUT2D eigenvalue weighted by Crippen LogP contribution is 2.27. The fourth-order valence-corrected chi connectivity index (χ4v) is 3.63. The van der Waals surface area contributed by atoms with Crippen molar-refractivity contribution in [1.29, 1.82) is 0 Å². The van der Waals surface area contributed by atoms with Crippen molar-refractivity contribution in [1.82, 2.24) is 9.63 Å². The van der Waals surface area contributed by atoms with Crippen LogP contribution in [0.4, 0.5) is 5.69 Å². The predicted molar refractivity (Wildman–Crippen MR) is 116 cm³/mol. The summed E-state index contributed by atoms with van der Waals surface area (Å²) in [6.07, 6.45) is 2.19. The van der Waals surface area contributed by atoms with Crippen LogP contribution in [0.25, 0.3) is 0 Å². The summed E-state index contributed by atoms with van der Waals surface area (Å²) in [7, 11) is 3.02. The van der Waals surface area contributed by atoms with Gasteiger partial charge >= 0.3 is 5.97 Å². The van der Waals surface area contributed by atoms with Crippen LogP contribution in [0.2, 0.25) is 0 Å². The molecule has 0 spiro atoms. The number of hydrogen-bond acceptors (Lipinski definition) is 8. The van der Waals surface area contributed by atoms with E-state index in [0.29, 0.717) is 38.3 Å². The molecule has 1 aliphatic rings. The molecule has 1 N–H and O–H groups in total. The van der Waals surface area contributed by atoms with Crippen LogP contribution in [-0.2, 0) is 27.3 Å². The third kappa shape index (κ3) is 6.09. The van der Waals surface area contributed by atoms with Gasteiger partial charge in [-0.1, -0.05) is 6.07 Å². The van der Waals surface area contributed by atoms with Crippen molar-refractivity contribution < 1.29 is 29.2 Å². The average molecular weight is 458 g/mol. The van der Waals surface area contributed by atoms with Crippen molar-refractivity contribution in [2.45, 2.75) is 25.8 Å². The van der Waals surface area contributed by atoms with E-state index in [1.54, 1.807) is 11.9 Å². The van der Waals surface area contributed by atoms with E-state index in [4.69, 9.17) is 9.47 Å². The molecule has 1 amide bonds. The molecular weight excluding hydrogens is 432 g/mol. The summed E-state index contributed by atoms with van der Waals surface area (Å²) in [4.78, 5) is 40.4.